The maximum absolute atomic E-state index is 10.8. The molecule has 1 aromatic rings. The first-order chi connectivity index (χ1) is 5.77. The molecule has 1 aromatic heterocycles. The summed E-state index contributed by atoms with van der Waals surface area (Å²) in [6.07, 6.45) is 3.01. The highest BCUT2D eigenvalue weighted by molar-refractivity contribution is 5.69. The molecule has 0 N–H and O–H groups in total. The first-order valence-corrected chi connectivity index (χ1v) is 3.26. The van der Waals surface area contributed by atoms with Gasteiger partial charge >= 0.3 is 5.97 Å². The Kier molecular flexibility index (Phi) is 2.43. The molecule has 0 bridgehead atoms. The molecule has 0 atom stereocenters. The molecule has 62 valence electrons. The molecule has 0 amide bonds. The lowest BCUT2D eigenvalue weighted by Gasteiger charge is -1.99. The third kappa shape index (κ3) is 1.61. The Bertz CT molecular complexity index is 324. The molecule has 0 spiro atoms. The van der Waals surface area contributed by atoms with Crippen molar-refractivity contribution in [3.05, 3.63) is 18.2 Å². The molecular weight excluding hydrogens is 158 g/mol. The lowest BCUT2D eigenvalue weighted by molar-refractivity contribution is -0.141. The van der Waals surface area contributed by atoms with Gasteiger partial charge in [-0.25, -0.2) is 4.98 Å². The predicted octanol–water partition coefficient (Wildman–Crippen LogP) is -0.0722. The molecule has 0 unspecified atom stereocenters. The predicted molar refractivity (Wildman–Crippen MR) is 39.0 cm³/mol. The summed E-state index contributed by atoms with van der Waals surface area (Å²) in [5.74, 6) is -0.190. The van der Waals surface area contributed by atoms with Crippen LogP contribution in [0.5, 0.6) is 0 Å². The molecule has 1 rings (SSSR count). The monoisotopic (exact) mass is 165 g/mol. The summed E-state index contributed by atoms with van der Waals surface area (Å²) in [7, 11) is 1.30. The quantitative estimate of drug-likeness (QED) is 0.575. The van der Waals surface area contributed by atoms with Crippen LogP contribution < -0.4 is 0 Å². The van der Waals surface area contributed by atoms with Gasteiger partial charge in [0.15, 0.2) is 0 Å². The number of carbonyl (C=O) groups is 1. The summed E-state index contributed by atoms with van der Waals surface area (Å²) >= 11 is 0. The van der Waals surface area contributed by atoms with Crippen LogP contribution >= 0.6 is 0 Å². The average molecular weight is 165 g/mol. The Hall–Kier alpha value is -1.83. The van der Waals surface area contributed by atoms with E-state index in [1.165, 1.54) is 17.9 Å². The number of hydrogen-bond acceptors (Lipinski definition) is 4. The van der Waals surface area contributed by atoms with E-state index in [-0.39, 0.29) is 12.4 Å². The van der Waals surface area contributed by atoms with Crippen LogP contribution in [-0.4, -0.2) is 22.6 Å². The molecule has 0 fully saturated rings. The molecule has 12 heavy (non-hydrogen) atoms. The van der Waals surface area contributed by atoms with Gasteiger partial charge in [-0.1, -0.05) is 0 Å². The van der Waals surface area contributed by atoms with E-state index in [9.17, 15) is 4.79 Å². The Labute approximate surface area is 69.2 Å². The molecule has 0 aliphatic heterocycles. The van der Waals surface area contributed by atoms with Gasteiger partial charge in [0.05, 0.1) is 7.11 Å². The number of aromatic nitrogens is 2. The van der Waals surface area contributed by atoms with Crippen LogP contribution in [0.2, 0.25) is 0 Å². The zero-order chi connectivity index (χ0) is 8.97. The minimum absolute atomic E-state index is 0.0272. The highest BCUT2D eigenvalue weighted by Gasteiger charge is 2.05. The molecule has 0 saturated heterocycles. The maximum atomic E-state index is 10.8. The topological polar surface area (TPSA) is 67.9 Å². The van der Waals surface area contributed by atoms with E-state index in [0.717, 1.165) is 0 Å². The summed E-state index contributed by atoms with van der Waals surface area (Å²) in [4.78, 5) is 14.5. The van der Waals surface area contributed by atoms with E-state index < -0.39 is 5.97 Å². The van der Waals surface area contributed by atoms with Crippen LogP contribution in [0.25, 0.3) is 0 Å². The van der Waals surface area contributed by atoms with Gasteiger partial charge < -0.3 is 9.30 Å². The summed E-state index contributed by atoms with van der Waals surface area (Å²) in [6, 6.07) is 1.85. The van der Waals surface area contributed by atoms with Crippen molar-refractivity contribution in [1.82, 2.24) is 9.55 Å². The van der Waals surface area contributed by atoms with Crippen LogP contribution in [0.15, 0.2) is 12.4 Å². The maximum Gasteiger partial charge on any atom is 0.325 e. The number of carbonyl (C=O) groups excluding carboxylic acids is 1. The van der Waals surface area contributed by atoms with Gasteiger partial charge in [-0.3, -0.25) is 4.79 Å². The van der Waals surface area contributed by atoms with Crippen molar-refractivity contribution < 1.29 is 9.53 Å². The van der Waals surface area contributed by atoms with Crippen molar-refractivity contribution in [2.24, 2.45) is 0 Å². The standard InChI is InChI=1S/C7H7N3O2/c1-12-7(11)5-10-3-2-9-6(10)4-8/h2-3H,5H2,1H3. The van der Waals surface area contributed by atoms with Gasteiger partial charge in [-0.05, 0) is 0 Å². The smallest absolute Gasteiger partial charge is 0.325 e. The minimum Gasteiger partial charge on any atom is -0.468 e. The van der Waals surface area contributed by atoms with Gasteiger partial charge in [0.25, 0.3) is 0 Å². The zero-order valence-corrected chi connectivity index (χ0v) is 6.52. The third-order valence-corrected chi connectivity index (χ3v) is 1.34. The number of rotatable bonds is 2. The summed E-state index contributed by atoms with van der Waals surface area (Å²) in [5.41, 5.74) is 0. The van der Waals surface area contributed by atoms with Crippen LogP contribution in [-0.2, 0) is 16.1 Å². The van der Waals surface area contributed by atoms with Crippen molar-refractivity contribution in [3.8, 4) is 6.07 Å². The van der Waals surface area contributed by atoms with Crippen molar-refractivity contribution in [2.75, 3.05) is 7.11 Å². The summed E-state index contributed by atoms with van der Waals surface area (Å²) in [5, 5.41) is 8.51. The van der Waals surface area contributed by atoms with Gasteiger partial charge in [0.1, 0.15) is 12.6 Å². The van der Waals surface area contributed by atoms with Gasteiger partial charge in [-0.15, -0.1) is 0 Å². The second kappa shape index (κ2) is 3.53. The lowest BCUT2D eigenvalue weighted by Crippen LogP contribution is -2.12. The Morgan fingerprint density at radius 1 is 1.92 bits per heavy atom. The molecule has 1 heterocycles. The highest BCUT2D eigenvalue weighted by Crippen LogP contribution is 1.95. The number of ether oxygens (including phenoxy) is 1. The van der Waals surface area contributed by atoms with Crippen molar-refractivity contribution in [2.45, 2.75) is 6.54 Å². The van der Waals surface area contributed by atoms with Crippen molar-refractivity contribution in [1.29, 1.82) is 5.26 Å². The van der Waals surface area contributed by atoms with Gasteiger partial charge in [0.2, 0.25) is 5.82 Å². The Morgan fingerprint density at radius 3 is 3.25 bits per heavy atom. The highest BCUT2D eigenvalue weighted by atomic mass is 16.5. The Balaban J connectivity index is 2.76. The number of nitriles is 1. The first-order valence-electron chi connectivity index (χ1n) is 3.26. The van der Waals surface area contributed by atoms with E-state index in [4.69, 9.17) is 5.26 Å². The molecular formula is C7H7N3O2. The number of nitrogens with zero attached hydrogens (tertiary/aromatic N) is 3. The molecule has 0 aromatic carbocycles. The van der Waals surface area contributed by atoms with E-state index in [1.54, 1.807) is 6.20 Å². The number of imidazole rings is 1. The number of methoxy groups -OCH3 is 1. The first kappa shape index (κ1) is 8.27. The summed E-state index contributed by atoms with van der Waals surface area (Å²) < 4.78 is 5.85. The van der Waals surface area contributed by atoms with Crippen LogP contribution in [0.3, 0.4) is 0 Å². The second-order valence-corrected chi connectivity index (χ2v) is 2.07. The van der Waals surface area contributed by atoms with E-state index in [1.807, 2.05) is 6.07 Å². The second-order valence-electron chi connectivity index (χ2n) is 2.07. The third-order valence-electron chi connectivity index (χ3n) is 1.34. The van der Waals surface area contributed by atoms with E-state index in [0.29, 0.717) is 0 Å². The van der Waals surface area contributed by atoms with E-state index in [2.05, 4.69) is 9.72 Å². The normalized spacial score (nSPS) is 9.00. The fourth-order valence-electron chi connectivity index (χ4n) is 0.753. The fraction of sp³-hybridized carbons (Fsp3) is 0.286. The SMILES string of the molecule is COC(=O)Cn1ccnc1C#N. The molecule has 0 saturated carbocycles. The summed E-state index contributed by atoms with van der Waals surface area (Å²) in [6.45, 7) is 0.0272. The Morgan fingerprint density at radius 2 is 2.67 bits per heavy atom. The molecule has 0 aliphatic rings. The number of hydrogen-bond donors (Lipinski definition) is 0. The van der Waals surface area contributed by atoms with Crippen LogP contribution in [0, 0.1) is 11.3 Å². The number of esters is 1. The molecule has 5 nitrogen and oxygen atoms in total. The van der Waals surface area contributed by atoms with E-state index >= 15 is 0 Å². The largest absolute Gasteiger partial charge is 0.468 e. The van der Waals surface area contributed by atoms with Gasteiger partial charge in [-0.2, -0.15) is 5.26 Å². The lowest BCUT2D eigenvalue weighted by atomic mass is 10.6. The minimum atomic E-state index is -0.399. The van der Waals surface area contributed by atoms with Gasteiger partial charge in [0, 0.05) is 12.4 Å². The van der Waals surface area contributed by atoms with Crippen molar-refractivity contribution in [3.63, 3.8) is 0 Å². The zero-order valence-electron chi connectivity index (χ0n) is 6.52. The fourth-order valence-corrected chi connectivity index (χ4v) is 0.753. The van der Waals surface area contributed by atoms with Crippen molar-refractivity contribution >= 4 is 5.97 Å². The molecule has 0 aliphatic carbocycles. The van der Waals surface area contributed by atoms with Crippen LogP contribution in [0.4, 0.5) is 0 Å². The molecule has 0 radical (unpaired) electrons. The average Bonchev–Trinajstić information content (AvgIpc) is 2.51. The molecule has 5 heteroatoms. The van der Waals surface area contributed by atoms with Crippen LogP contribution in [0.1, 0.15) is 5.82 Å².